The number of benzene rings is 1. The van der Waals surface area contributed by atoms with Gasteiger partial charge in [-0.3, -0.25) is 9.69 Å². The van der Waals surface area contributed by atoms with E-state index in [-0.39, 0.29) is 22.0 Å². The van der Waals surface area contributed by atoms with Crippen molar-refractivity contribution in [3.63, 3.8) is 0 Å². The third kappa shape index (κ3) is 4.71. The zero-order valence-corrected chi connectivity index (χ0v) is 16.2. The minimum Gasteiger partial charge on any atom is -0.379 e. The molecule has 1 aromatic heterocycles. The number of aromatic nitrogens is 2. The Morgan fingerprint density at radius 2 is 1.81 bits per heavy atom. The zero-order valence-electron chi connectivity index (χ0n) is 14.7. The van der Waals surface area contributed by atoms with Crippen molar-refractivity contribution in [2.24, 2.45) is 0 Å². The van der Waals surface area contributed by atoms with Crippen LogP contribution in [0.3, 0.4) is 0 Å². The molecule has 0 unspecified atom stereocenters. The Morgan fingerprint density at radius 1 is 1.15 bits per heavy atom. The largest absolute Gasteiger partial charge is 0.379 e. The molecule has 1 amide bonds. The zero-order chi connectivity index (χ0) is 18.7. The fourth-order valence-corrected chi connectivity index (χ4v) is 3.45. The first-order valence-corrected chi connectivity index (χ1v) is 9.09. The van der Waals surface area contributed by atoms with Crippen LogP contribution in [0.25, 0.3) is 0 Å². The van der Waals surface area contributed by atoms with E-state index in [1.807, 2.05) is 13.8 Å². The van der Waals surface area contributed by atoms with Crippen LogP contribution in [0.4, 0.5) is 5.69 Å². The second kappa shape index (κ2) is 8.31. The number of nitrogens with zero attached hydrogens (tertiary/aromatic N) is 3. The second-order valence-electron chi connectivity index (χ2n) is 6.29. The van der Waals surface area contributed by atoms with Crippen LogP contribution in [-0.4, -0.2) is 47.1 Å². The summed E-state index contributed by atoms with van der Waals surface area (Å²) in [5, 5.41) is 2.97. The van der Waals surface area contributed by atoms with Crippen molar-refractivity contribution in [1.82, 2.24) is 14.9 Å². The number of rotatable bonds is 4. The van der Waals surface area contributed by atoms with Gasteiger partial charge in [-0.15, -0.1) is 0 Å². The molecule has 1 aliphatic heterocycles. The molecule has 26 heavy (non-hydrogen) atoms. The van der Waals surface area contributed by atoms with Gasteiger partial charge in [0.15, 0.2) is 0 Å². The number of carbonyl (C=O) groups excluding carboxylic acids is 1. The van der Waals surface area contributed by atoms with Crippen molar-refractivity contribution in [2.75, 3.05) is 31.6 Å². The fraction of sp³-hybridized carbons (Fsp3) is 0.389. The molecule has 0 atom stereocenters. The number of aryl methyl sites for hydroxylation is 2. The molecule has 138 valence electrons. The summed E-state index contributed by atoms with van der Waals surface area (Å²) in [5.41, 5.74) is 4.10. The van der Waals surface area contributed by atoms with Gasteiger partial charge in [-0.2, -0.15) is 0 Å². The molecule has 3 rings (SSSR count). The molecule has 0 aliphatic carbocycles. The SMILES string of the molecule is Cc1cc(CN2CCOCC2)cc(C)c1NC(=O)c1cc(Cl)nc(Cl)n1. The predicted octanol–water partition coefficient (Wildman–Crippen LogP) is 3.48. The summed E-state index contributed by atoms with van der Waals surface area (Å²) >= 11 is 11.6. The maximum Gasteiger partial charge on any atom is 0.274 e. The van der Waals surface area contributed by atoms with E-state index in [1.165, 1.54) is 11.6 Å². The molecule has 1 saturated heterocycles. The molecule has 0 spiro atoms. The first kappa shape index (κ1) is 19.0. The van der Waals surface area contributed by atoms with Gasteiger partial charge in [0.05, 0.1) is 13.2 Å². The van der Waals surface area contributed by atoms with Gasteiger partial charge < -0.3 is 10.1 Å². The molecule has 1 aromatic carbocycles. The fourth-order valence-electron chi connectivity index (χ4n) is 3.04. The van der Waals surface area contributed by atoms with Gasteiger partial charge in [0.2, 0.25) is 5.28 Å². The van der Waals surface area contributed by atoms with Crippen molar-refractivity contribution < 1.29 is 9.53 Å². The molecule has 1 N–H and O–H groups in total. The van der Waals surface area contributed by atoms with Crippen LogP contribution >= 0.6 is 23.2 Å². The van der Waals surface area contributed by atoms with E-state index >= 15 is 0 Å². The molecule has 1 aliphatic rings. The van der Waals surface area contributed by atoms with Crippen LogP contribution in [0, 0.1) is 13.8 Å². The molecular weight excluding hydrogens is 375 g/mol. The van der Waals surface area contributed by atoms with Crippen LogP contribution in [0.2, 0.25) is 10.4 Å². The third-order valence-electron chi connectivity index (χ3n) is 4.24. The number of hydrogen-bond acceptors (Lipinski definition) is 5. The Morgan fingerprint density at radius 3 is 2.42 bits per heavy atom. The normalized spacial score (nSPS) is 15.1. The van der Waals surface area contributed by atoms with E-state index < -0.39 is 0 Å². The van der Waals surface area contributed by atoms with Crippen LogP contribution in [0.15, 0.2) is 18.2 Å². The highest BCUT2D eigenvalue weighted by atomic mass is 35.5. The number of nitrogens with one attached hydrogen (secondary N) is 1. The Kier molecular flexibility index (Phi) is 6.09. The number of morpholine rings is 1. The number of amides is 1. The van der Waals surface area contributed by atoms with Crippen LogP contribution < -0.4 is 5.32 Å². The summed E-state index contributed by atoms with van der Waals surface area (Å²) in [7, 11) is 0. The van der Waals surface area contributed by atoms with Gasteiger partial charge in [0.1, 0.15) is 10.8 Å². The second-order valence-corrected chi connectivity index (χ2v) is 7.02. The summed E-state index contributed by atoms with van der Waals surface area (Å²) in [6.45, 7) is 8.25. The lowest BCUT2D eigenvalue weighted by atomic mass is 10.0. The summed E-state index contributed by atoms with van der Waals surface area (Å²) < 4.78 is 5.39. The van der Waals surface area contributed by atoms with E-state index in [0.29, 0.717) is 0 Å². The van der Waals surface area contributed by atoms with Gasteiger partial charge in [-0.25, -0.2) is 9.97 Å². The number of halogens is 2. The molecule has 0 bridgehead atoms. The summed E-state index contributed by atoms with van der Waals surface area (Å²) in [5.74, 6) is -0.372. The van der Waals surface area contributed by atoms with Crippen LogP contribution in [0.1, 0.15) is 27.2 Å². The summed E-state index contributed by atoms with van der Waals surface area (Å²) in [4.78, 5) is 22.5. The van der Waals surface area contributed by atoms with E-state index in [2.05, 4.69) is 32.3 Å². The van der Waals surface area contributed by atoms with Crippen LogP contribution in [0.5, 0.6) is 0 Å². The molecular formula is C18H20Cl2N4O2. The maximum atomic E-state index is 12.5. The van der Waals surface area contributed by atoms with Gasteiger partial charge in [0, 0.05) is 31.4 Å². The van der Waals surface area contributed by atoms with E-state index in [4.69, 9.17) is 27.9 Å². The quantitative estimate of drug-likeness (QED) is 0.634. The van der Waals surface area contributed by atoms with E-state index in [9.17, 15) is 4.79 Å². The van der Waals surface area contributed by atoms with E-state index in [0.717, 1.165) is 49.7 Å². The predicted molar refractivity (Wildman–Crippen MR) is 102 cm³/mol. The minimum atomic E-state index is -0.372. The first-order chi connectivity index (χ1) is 12.4. The first-order valence-electron chi connectivity index (χ1n) is 8.34. The standard InChI is InChI=1S/C18H20Cl2N4O2/c1-11-7-13(10-24-3-5-26-6-4-24)8-12(2)16(11)23-17(25)14-9-15(19)22-18(20)21-14/h7-9H,3-6,10H2,1-2H3,(H,23,25). The Balaban J connectivity index is 1.76. The average molecular weight is 395 g/mol. The molecule has 8 heteroatoms. The van der Waals surface area contributed by atoms with Crippen LogP contribution in [-0.2, 0) is 11.3 Å². The van der Waals surface area contributed by atoms with Gasteiger partial charge in [-0.05, 0) is 42.1 Å². The third-order valence-corrected chi connectivity index (χ3v) is 4.60. The minimum absolute atomic E-state index is 0.0584. The van der Waals surface area contributed by atoms with E-state index in [1.54, 1.807) is 0 Å². The lowest BCUT2D eigenvalue weighted by Gasteiger charge is -2.27. The molecule has 1 fully saturated rings. The Labute approximate surface area is 162 Å². The van der Waals surface area contributed by atoms with Crippen molar-refractivity contribution in [2.45, 2.75) is 20.4 Å². The summed E-state index contributed by atoms with van der Waals surface area (Å²) in [6.07, 6.45) is 0. The molecule has 0 saturated carbocycles. The van der Waals surface area contributed by atoms with Gasteiger partial charge in [0.25, 0.3) is 5.91 Å². The van der Waals surface area contributed by atoms with Crippen molar-refractivity contribution >= 4 is 34.8 Å². The Bertz CT molecular complexity index is 780. The topological polar surface area (TPSA) is 67.3 Å². The molecule has 2 aromatic rings. The van der Waals surface area contributed by atoms with Gasteiger partial charge in [-0.1, -0.05) is 23.7 Å². The van der Waals surface area contributed by atoms with Crippen molar-refractivity contribution in [3.8, 4) is 0 Å². The van der Waals surface area contributed by atoms with Gasteiger partial charge >= 0.3 is 0 Å². The lowest BCUT2D eigenvalue weighted by molar-refractivity contribution is 0.0342. The molecule has 0 radical (unpaired) electrons. The summed E-state index contributed by atoms with van der Waals surface area (Å²) in [6, 6.07) is 5.58. The maximum absolute atomic E-state index is 12.5. The Hall–Kier alpha value is -1.73. The highest BCUT2D eigenvalue weighted by molar-refractivity contribution is 6.32. The van der Waals surface area contributed by atoms with Crippen molar-refractivity contribution in [1.29, 1.82) is 0 Å². The molecule has 2 heterocycles. The lowest BCUT2D eigenvalue weighted by Crippen LogP contribution is -2.35. The average Bonchev–Trinajstić information content (AvgIpc) is 2.58. The number of anilines is 1. The molecule has 6 nitrogen and oxygen atoms in total. The number of hydrogen-bond donors (Lipinski definition) is 1. The monoisotopic (exact) mass is 394 g/mol. The highest BCUT2D eigenvalue weighted by Gasteiger charge is 2.16. The highest BCUT2D eigenvalue weighted by Crippen LogP contribution is 2.24. The smallest absolute Gasteiger partial charge is 0.274 e. The van der Waals surface area contributed by atoms with Crippen molar-refractivity contribution in [3.05, 3.63) is 51.0 Å². The number of ether oxygens (including phenoxy) is 1. The number of carbonyl (C=O) groups is 1.